The summed E-state index contributed by atoms with van der Waals surface area (Å²) in [6.45, 7) is 7.85. The number of hydrogen-bond donors (Lipinski definition) is 1. The summed E-state index contributed by atoms with van der Waals surface area (Å²) in [5.41, 5.74) is -0.490. The Labute approximate surface area is 364 Å². The number of ketones is 2. The maximum absolute atomic E-state index is 13.7. The molecule has 0 spiro atoms. The number of carboxylic acid groups (broad SMARTS) is 3. The average Bonchev–Trinajstić information content (AvgIpc) is 3.40. The molecule has 0 aromatic heterocycles. The fourth-order valence-corrected chi connectivity index (χ4v) is 11.0. The zero-order valence-electron chi connectivity index (χ0n) is 33.5. The Morgan fingerprint density at radius 2 is 1.23 bits per heavy atom. The summed E-state index contributed by atoms with van der Waals surface area (Å²) in [6, 6.07) is 0. The van der Waals surface area contributed by atoms with Crippen molar-refractivity contribution in [3.05, 3.63) is 11.6 Å². The number of unbranched alkanes of at least 4 members (excludes halogenated alkanes) is 3. The molecule has 5 rings (SSSR count). The van der Waals surface area contributed by atoms with Crippen LogP contribution in [0.5, 0.6) is 0 Å². The van der Waals surface area contributed by atoms with Gasteiger partial charge in [0.25, 0.3) is 0 Å². The Kier molecular flexibility index (Phi) is 17.9. The van der Waals surface area contributed by atoms with Crippen LogP contribution >= 0.6 is 0 Å². The predicted octanol–water partition coefficient (Wildman–Crippen LogP) is -1.13. The zero-order chi connectivity index (χ0) is 39.8. The molecule has 0 unspecified atom stereocenters. The van der Waals surface area contributed by atoms with E-state index in [1.807, 2.05) is 6.08 Å². The van der Waals surface area contributed by atoms with Crippen LogP contribution in [-0.4, -0.2) is 152 Å². The van der Waals surface area contributed by atoms with Crippen molar-refractivity contribution < 1.29 is 89.1 Å². The van der Waals surface area contributed by atoms with Crippen molar-refractivity contribution in [2.24, 2.45) is 28.6 Å². The number of nitrogens with zero attached hydrogens (tertiary/aromatic N) is 4. The number of allylic oxidation sites excluding steroid dienone is 1. The van der Waals surface area contributed by atoms with Gasteiger partial charge in [0.1, 0.15) is 12.2 Å². The summed E-state index contributed by atoms with van der Waals surface area (Å²) >= 11 is 0. The van der Waals surface area contributed by atoms with E-state index in [1.54, 1.807) is 14.7 Å². The standard InChI is InChI=1S/C41H66N4O10.Gd/c1-39-12-9-31(46)25-30(39)7-8-32-33(39)10-13-40(2)34(32)11-14-41(40,54)35(47)29-55-24-6-4-3-5-15-42-16-18-43(26-36(48)49)20-22-45(28-38(52)53)23-21-44(19-17-42)27-37(50)51;/h25,32-34,54H,3-24,26-29H2,1-2H3,(H,48,49)(H,50,51)(H,52,53);/q;+3/p-3/t32-,33+,34+,39+,40+,41+;/m1./s1. The summed E-state index contributed by atoms with van der Waals surface area (Å²) in [6.07, 6.45) is 11.9. The molecule has 56 heavy (non-hydrogen) atoms. The van der Waals surface area contributed by atoms with Crippen molar-refractivity contribution in [3.8, 4) is 0 Å². The molecule has 1 radical (unpaired) electrons. The number of carbonyl (C=O) groups excluding carboxylic acids is 5. The molecule has 4 fully saturated rings. The SMILES string of the molecule is C[C@]12CCC(=O)C=C1CC[C@@H]1[C@@H]2CC[C@@]2(C)[C@H]1CC[C@]2(O)C(=O)COCCCCCCN1CCN(CC(=O)[O-])CCN(CC(=O)[O-])CCN(CC(=O)[O-])CC1.[Gd+3]. The molecule has 1 heterocycles. The van der Waals surface area contributed by atoms with Crippen LogP contribution in [0.2, 0.25) is 0 Å². The van der Waals surface area contributed by atoms with Crippen LogP contribution in [0, 0.1) is 68.5 Å². The molecule has 0 amide bonds. The molecule has 1 saturated heterocycles. The van der Waals surface area contributed by atoms with Crippen molar-refractivity contribution in [2.75, 3.05) is 91.8 Å². The van der Waals surface area contributed by atoms with Gasteiger partial charge in [-0.1, -0.05) is 32.3 Å². The van der Waals surface area contributed by atoms with E-state index in [0.29, 0.717) is 70.6 Å². The first-order valence-electron chi connectivity index (χ1n) is 20.7. The van der Waals surface area contributed by atoms with Gasteiger partial charge in [0.2, 0.25) is 0 Å². The van der Waals surface area contributed by atoms with Crippen LogP contribution < -0.4 is 15.3 Å². The third-order valence-electron chi connectivity index (χ3n) is 14.3. The normalized spacial score (nSPS) is 32.4. The maximum atomic E-state index is 13.7. The number of ether oxygens (including phenoxy) is 1. The number of rotatable bonds is 16. The molecule has 15 heteroatoms. The van der Waals surface area contributed by atoms with Gasteiger partial charge in [-0.2, -0.15) is 0 Å². The molecule has 0 aromatic carbocycles. The number of Topliss-reactive ketones (excluding diaryl/α,β-unsaturated/α-hetero) is 1. The Morgan fingerprint density at radius 3 is 1.79 bits per heavy atom. The molecular formula is C41H63GdN4O10. The van der Waals surface area contributed by atoms with E-state index in [2.05, 4.69) is 18.7 Å². The predicted molar refractivity (Wildman–Crippen MR) is 197 cm³/mol. The van der Waals surface area contributed by atoms with E-state index < -0.39 is 28.9 Å². The zero-order valence-corrected chi connectivity index (χ0v) is 35.7. The second-order valence-electron chi connectivity index (χ2n) is 17.5. The maximum Gasteiger partial charge on any atom is 3.00 e. The van der Waals surface area contributed by atoms with Gasteiger partial charge in [-0.25, -0.2) is 0 Å². The number of aliphatic hydroxyl groups is 1. The number of aliphatic carboxylic acids is 3. The first kappa shape index (κ1) is 47.3. The molecule has 6 atom stereocenters. The number of hydrogen-bond acceptors (Lipinski definition) is 14. The van der Waals surface area contributed by atoms with E-state index in [0.717, 1.165) is 70.8 Å². The van der Waals surface area contributed by atoms with E-state index in [4.69, 9.17) is 4.74 Å². The van der Waals surface area contributed by atoms with E-state index >= 15 is 0 Å². The van der Waals surface area contributed by atoms with Crippen LogP contribution in [0.25, 0.3) is 0 Å². The van der Waals surface area contributed by atoms with Gasteiger partial charge >= 0.3 is 39.9 Å². The van der Waals surface area contributed by atoms with Gasteiger partial charge in [0.15, 0.2) is 11.6 Å². The summed E-state index contributed by atoms with van der Waals surface area (Å²) in [7, 11) is 0. The minimum absolute atomic E-state index is 0. The number of carbonyl (C=O) groups is 5. The molecule has 0 aromatic rings. The fourth-order valence-electron chi connectivity index (χ4n) is 11.0. The van der Waals surface area contributed by atoms with Crippen LogP contribution in [0.3, 0.4) is 0 Å². The van der Waals surface area contributed by atoms with Gasteiger partial charge in [-0.05, 0) is 93.6 Å². The third kappa shape index (κ3) is 11.6. The van der Waals surface area contributed by atoms with E-state index in [1.165, 1.54) is 5.57 Å². The van der Waals surface area contributed by atoms with Crippen LogP contribution in [0.4, 0.5) is 0 Å². The van der Waals surface area contributed by atoms with Crippen molar-refractivity contribution in [2.45, 2.75) is 96.5 Å². The smallest absolute Gasteiger partial charge is 0.549 e. The van der Waals surface area contributed by atoms with E-state index in [9.17, 15) is 44.4 Å². The third-order valence-corrected chi connectivity index (χ3v) is 14.3. The molecule has 4 aliphatic carbocycles. The Hall–Kier alpha value is -1.43. The number of fused-ring (bicyclic) bond motifs is 5. The minimum atomic E-state index is -1.38. The van der Waals surface area contributed by atoms with Crippen LogP contribution in [-0.2, 0) is 28.7 Å². The van der Waals surface area contributed by atoms with Gasteiger partial charge in [-0.3, -0.25) is 24.3 Å². The summed E-state index contributed by atoms with van der Waals surface area (Å²) in [5, 5.41) is 46.2. The topological polar surface area (TPSA) is 197 Å². The monoisotopic (exact) mass is 929 g/mol. The molecule has 1 N–H and O–H groups in total. The van der Waals surface area contributed by atoms with Crippen LogP contribution in [0.1, 0.15) is 90.9 Å². The molecule has 5 aliphatic rings. The summed E-state index contributed by atoms with van der Waals surface area (Å²) in [4.78, 5) is 67.3. The largest absolute Gasteiger partial charge is 3.00 e. The molecule has 3 saturated carbocycles. The average molecular weight is 929 g/mol. The Bertz CT molecular complexity index is 1400. The molecular weight excluding hydrogens is 866 g/mol. The molecule has 0 bridgehead atoms. The van der Waals surface area contributed by atoms with Crippen LogP contribution in [0.15, 0.2) is 11.6 Å². The second kappa shape index (κ2) is 21.2. The second-order valence-corrected chi connectivity index (χ2v) is 17.5. The summed E-state index contributed by atoms with van der Waals surface area (Å²) in [5.74, 6) is -2.39. The quantitative estimate of drug-likeness (QED) is 0.183. The Morgan fingerprint density at radius 1 is 0.714 bits per heavy atom. The molecule has 1 aliphatic heterocycles. The van der Waals surface area contributed by atoms with Crippen molar-refractivity contribution in [3.63, 3.8) is 0 Å². The van der Waals surface area contributed by atoms with Crippen molar-refractivity contribution in [1.82, 2.24) is 19.6 Å². The Balaban J connectivity index is 0.00000696. The first-order valence-corrected chi connectivity index (χ1v) is 20.7. The van der Waals surface area contributed by atoms with Crippen molar-refractivity contribution >= 4 is 29.5 Å². The van der Waals surface area contributed by atoms with Gasteiger partial charge in [-0.15, -0.1) is 0 Å². The first-order chi connectivity index (χ1) is 26.1. The minimum Gasteiger partial charge on any atom is -0.549 e. The summed E-state index contributed by atoms with van der Waals surface area (Å²) < 4.78 is 5.88. The van der Waals surface area contributed by atoms with Gasteiger partial charge in [0.05, 0.1) is 17.9 Å². The molecule has 14 nitrogen and oxygen atoms in total. The number of carboxylic acids is 3. The molecule has 315 valence electrons. The van der Waals surface area contributed by atoms with Gasteiger partial charge in [0, 0.05) is 90.4 Å². The van der Waals surface area contributed by atoms with Crippen molar-refractivity contribution in [1.29, 1.82) is 0 Å². The van der Waals surface area contributed by atoms with E-state index in [-0.39, 0.29) is 102 Å². The fraction of sp³-hybridized carbons (Fsp3) is 0.829. The van der Waals surface area contributed by atoms with Gasteiger partial charge < -0.3 is 44.4 Å².